The summed E-state index contributed by atoms with van der Waals surface area (Å²) in [5.74, 6) is 0. The molecule has 0 aliphatic heterocycles. The average Bonchev–Trinajstić information content (AvgIpc) is 2.05. The van der Waals surface area contributed by atoms with Crippen molar-refractivity contribution in [2.75, 3.05) is 0 Å². The van der Waals surface area contributed by atoms with E-state index < -0.39 is 9.04 Å². The molecule has 0 saturated carbocycles. The Morgan fingerprint density at radius 3 is 2.42 bits per heavy atom. The third-order valence-electron chi connectivity index (χ3n) is 1.72. The zero-order valence-electron chi connectivity index (χ0n) is 7.49. The van der Waals surface area contributed by atoms with Gasteiger partial charge < -0.3 is 4.80 Å². The molecule has 0 radical (unpaired) electrons. The van der Waals surface area contributed by atoms with Gasteiger partial charge in [0.2, 0.25) is 0 Å². The quantitative estimate of drug-likeness (QED) is 0.687. The van der Waals surface area contributed by atoms with Gasteiger partial charge in [-0.15, -0.1) is 0 Å². The minimum atomic E-state index is -1.56. The smallest absolute Gasteiger partial charge is 0.194 e. The van der Waals surface area contributed by atoms with Crippen molar-refractivity contribution in [1.29, 1.82) is 0 Å². The summed E-state index contributed by atoms with van der Waals surface area (Å²) in [6.45, 7) is 3.93. The molecule has 1 nitrogen and oxygen atoms in total. The maximum absolute atomic E-state index is 9.25. The summed E-state index contributed by atoms with van der Waals surface area (Å²) in [6.07, 6.45) is 0. The van der Waals surface area contributed by atoms with E-state index >= 15 is 0 Å². The molecule has 1 aromatic carbocycles. The van der Waals surface area contributed by atoms with Crippen LogP contribution < -0.4 is 0 Å². The van der Waals surface area contributed by atoms with Crippen LogP contribution in [0.4, 0.5) is 0 Å². The third kappa shape index (κ3) is 2.64. The van der Waals surface area contributed by atoms with Crippen molar-refractivity contribution in [1.82, 2.24) is 0 Å². The molecule has 0 spiro atoms. The van der Waals surface area contributed by atoms with Gasteiger partial charge >= 0.3 is 0 Å². The van der Waals surface area contributed by atoms with Crippen LogP contribution in [0.2, 0.25) is 6.55 Å². The predicted octanol–water partition coefficient (Wildman–Crippen LogP) is 1.97. The van der Waals surface area contributed by atoms with Crippen LogP contribution in [0.15, 0.2) is 36.0 Å². The van der Waals surface area contributed by atoms with Crippen molar-refractivity contribution in [2.24, 2.45) is 0 Å². The Morgan fingerprint density at radius 1 is 1.33 bits per heavy atom. The summed E-state index contributed by atoms with van der Waals surface area (Å²) in [5, 5.41) is 0. The first-order valence-electron chi connectivity index (χ1n) is 4.12. The summed E-state index contributed by atoms with van der Waals surface area (Å²) < 4.78 is 0. The fourth-order valence-corrected chi connectivity index (χ4v) is 2.08. The molecule has 1 atom stereocenters. The lowest BCUT2D eigenvalue weighted by Crippen LogP contribution is -2.00. The molecular formula is C10H14OSi. The van der Waals surface area contributed by atoms with E-state index in [4.69, 9.17) is 0 Å². The standard InChI is InChI=1S/C10H14OSi/c1-9(8-12(2)11)10-6-4-3-5-7-10/h3-8,11-12H,1-2H3. The highest BCUT2D eigenvalue weighted by Crippen LogP contribution is 2.12. The van der Waals surface area contributed by atoms with E-state index in [1.807, 2.05) is 37.4 Å². The molecular weight excluding hydrogens is 164 g/mol. The highest BCUT2D eigenvalue weighted by atomic mass is 28.3. The molecule has 1 unspecified atom stereocenters. The number of allylic oxidation sites excluding steroid dienone is 1. The summed E-state index contributed by atoms with van der Waals surface area (Å²) in [4.78, 5) is 9.25. The molecule has 0 bridgehead atoms. The van der Waals surface area contributed by atoms with E-state index in [2.05, 4.69) is 12.1 Å². The third-order valence-corrected chi connectivity index (χ3v) is 2.70. The van der Waals surface area contributed by atoms with Gasteiger partial charge in [-0.25, -0.2) is 0 Å². The van der Waals surface area contributed by atoms with E-state index in [0.29, 0.717) is 0 Å². The highest BCUT2D eigenvalue weighted by molar-refractivity contribution is 6.55. The van der Waals surface area contributed by atoms with Crippen molar-refractivity contribution in [2.45, 2.75) is 13.5 Å². The van der Waals surface area contributed by atoms with Gasteiger partial charge in [-0.05, 0) is 24.6 Å². The zero-order valence-corrected chi connectivity index (χ0v) is 8.64. The van der Waals surface area contributed by atoms with Gasteiger partial charge in [-0.3, -0.25) is 0 Å². The molecule has 1 N–H and O–H groups in total. The Kier molecular flexibility index (Phi) is 3.26. The summed E-state index contributed by atoms with van der Waals surface area (Å²) >= 11 is 0. The number of hydrogen-bond acceptors (Lipinski definition) is 1. The fourth-order valence-electron chi connectivity index (χ4n) is 1.16. The topological polar surface area (TPSA) is 20.2 Å². The van der Waals surface area contributed by atoms with Crippen LogP contribution in [-0.4, -0.2) is 13.8 Å². The molecule has 0 aromatic heterocycles. The molecule has 0 aliphatic rings. The van der Waals surface area contributed by atoms with E-state index in [1.54, 1.807) is 0 Å². The van der Waals surface area contributed by atoms with Gasteiger partial charge in [0.05, 0.1) is 0 Å². The molecule has 1 rings (SSSR count). The molecule has 0 heterocycles. The lowest BCUT2D eigenvalue weighted by atomic mass is 10.1. The van der Waals surface area contributed by atoms with Crippen molar-refractivity contribution >= 4 is 14.6 Å². The minimum absolute atomic E-state index is 1.18. The van der Waals surface area contributed by atoms with Crippen molar-refractivity contribution in [3.63, 3.8) is 0 Å². The van der Waals surface area contributed by atoms with Crippen LogP contribution in [0.5, 0.6) is 0 Å². The van der Waals surface area contributed by atoms with Crippen LogP contribution in [-0.2, 0) is 0 Å². The molecule has 0 fully saturated rings. The normalized spacial score (nSPS) is 14.4. The lowest BCUT2D eigenvalue weighted by Gasteiger charge is -2.01. The van der Waals surface area contributed by atoms with Crippen LogP contribution in [0.3, 0.4) is 0 Å². The number of rotatable bonds is 2. The molecule has 1 aromatic rings. The Hall–Kier alpha value is -0.863. The van der Waals surface area contributed by atoms with Gasteiger partial charge in [0.1, 0.15) is 0 Å². The summed E-state index contributed by atoms with van der Waals surface area (Å²) in [5.41, 5.74) is 4.36. The van der Waals surface area contributed by atoms with E-state index in [0.717, 1.165) is 0 Å². The SMILES string of the molecule is CC(=C[SiH](C)O)c1ccccc1. The minimum Gasteiger partial charge on any atom is -0.431 e. The van der Waals surface area contributed by atoms with E-state index in [9.17, 15) is 4.80 Å². The average molecular weight is 178 g/mol. The second kappa shape index (κ2) is 4.23. The molecule has 0 aliphatic carbocycles. The van der Waals surface area contributed by atoms with Gasteiger partial charge in [0.15, 0.2) is 9.04 Å². The second-order valence-electron chi connectivity index (χ2n) is 2.96. The van der Waals surface area contributed by atoms with Crippen LogP contribution in [0.1, 0.15) is 12.5 Å². The van der Waals surface area contributed by atoms with E-state index in [-0.39, 0.29) is 0 Å². The molecule has 2 heteroatoms. The van der Waals surface area contributed by atoms with Gasteiger partial charge in [0, 0.05) is 0 Å². The van der Waals surface area contributed by atoms with Crippen molar-refractivity contribution in [3.05, 3.63) is 41.6 Å². The largest absolute Gasteiger partial charge is 0.431 e. The van der Waals surface area contributed by atoms with Gasteiger partial charge in [-0.2, -0.15) is 0 Å². The van der Waals surface area contributed by atoms with Crippen molar-refractivity contribution in [3.8, 4) is 0 Å². The van der Waals surface area contributed by atoms with Gasteiger partial charge in [0.25, 0.3) is 0 Å². The fraction of sp³-hybridized carbons (Fsp3) is 0.200. The van der Waals surface area contributed by atoms with Gasteiger partial charge in [-0.1, -0.05) is 36.0 Å². The Labute approximate surface area is 75.1 Å². The maximum Gasteiger partial charge on any atom is 0.194 e. The van der Waals surface area contributed by atoms with Crippen LogP contribution >= 0.6 is 0 Å². The highest BCUT2D eigenvalue weighted by Gasteiger charge is 1.96. The molecule has 0 saturated heterocycles. The monoisotopic (exact) mass is 178 g/mol. The first-order valence-corrected chi connectivity index (χ1v) is 6.46. The summed E-state index contributed by atoms with van der Waals surface area (Å²) in [7, 11) is -1.56. The second-order valence-corrected chi connectivity index (χ2v) is 4.77. The maximum atomic E-state index is 9.25. The number of benzene rings is 1. The van der Waals surface area contributed by atoms with E-state index in [1.165, 1.54) is 11.1 Å². The molecule has 64 valence electrons. The van der Waals surface area contributed by atoms with Crippen molar-refractivity contribution < 1.29 is 4.80 Å². The zero-order chi connectivity index (χ0) is 8.97. The Balaban J connectivity index is 2.85. The van der Waals surface area contributed by atoms with Crippen LogP contribution in [0, 0.1) is 0 Å². The first kappa shape index (κ1) is 9.23. The Morgan fingerprint density at radius 2 is 1.92 bits per heavy atom. The summed E-state index contributed by atoms with van der Waals surface area (Å²) in [6, 6.07) is 10.1. The first-order chi connectivity index (χ1) is 5.70. The predicted molar refractivity (Wildman–Crippen MR) is 55.3 cm³/mol. The Bertz CT molecular complexity index is 264. The van der Waals surface area contributed by atoms with Crippen LogP contribution in [0.25, 0.3) is 5.57 Å². The molecule has 0 amide bonds. The lowest BCUT2D eigenvalue weighted by molar-refractivity contribution is 0.593. The molecule has 12 heavy (non-hydrogen) atoms. The number of hydrogen-bond donors (Lipinski definition) is 1.